The van der Waals surface area contributed by atoms with Gasteiger partial charge in [-0.2, -0.15) is 0 Å². The molecule has 7 rings (SSSR count). The Hall–Kier alpha value is -4.00. The summed E-state index contributed by atoms with van der Waals surface area (Å²) in [7, 11) is -0.615. The Morgan fingerprint density at radius 3 is 2.18 bits per heavy atom. The van der Waals surface area contributed by atoms with Gasteiger partial charge < -0.3 is 13.7 Å². The van der Waals surface area contributed by atoms with Crippen LogP contribution in [0.25, 0.3) is 55.4 Å². The van der Waals surface area contributed by atoms with Crippen molar-refractivity contribution in [3.8, 4) is 22.6 Å². The van der Waals surface area contributed by atoms with Gasteiger partial charge in [-0.15, -0.1) is 0 Å². The van der Waals surface area contributed by atoms with Crippen LogP contribution < -0.4 is 5.59 Å². The maximum absolute atomic E-state index is 6.40. The normalized spacial score (nSPS) is 16.6. The molecular formula is C32H27BN2O3. The maximum atomic E-state index is 6.40. The number of hydrogen-bond donors (Lipinski definition) is 0. The van der Waals surface area contributed by atoms with E-state index in [2.05, 4.69) is 82.3 Å². The van der Waals surface area contributed by atoms with Crippen LogP contribution in [0.1, 0.15) is 27.7 Å². The van der Waals surface area contributed by atoms with Crippen molar-refractivity contribution in [2.75, 3.05) is 0 Å². The average Bonchev–Trinajstić information content (AvgIpc) is 3.41. The highest BCUT2D eigenvalue weighted by atomic mass is 16.7. The van der Waals surface area contributed by atoms with Crippen molar-refractivity contribution in [2.45, 2.75) is 38.9 Å². The van der Waals surface area contributed by atoms with Gasteiger partial charge in [0, 0.05) is 16.3 Å². The van der Waals surface area contributed by atoms with E-state index in [1.165, 1.54) is 5.39 Å². The Balaban J connectivity index is 1.45. The van der Waals surface area contributed by atoms with Crippen LogP contribution in [0.4, 0.5) is 0 Å². The SMILES string of the molecule is CC1(C)OB(c2cc(-c3ccc4ccccc4c3)nc(-c3cccc4c3oc3ccccc34)n2)OC1(C)C. The second-order valence-electron chi connectivity index (χ2n) is 10.9. The zero-order valence-electron chi connectivity index (χ0n) is 21.9. The van der Waals surface area contributed by atoms with Crippen LogP contribution in [-0.2, 0) is 9.31 Å². The highest BCUT2D eigenvalue weighted by molar-refractivity contribution is 6.61. The Bertz CT molecular complexity index is 1840. The van der Waals surface area contributed by atoms with Crippen molar-refractivity contribution in [1.82, 2.24) is 9.97 Å². The molecule has 0 bridgehead atoms. The molecule has 3 heterocycles. The predicted octanol–water partition coefficient (Wildman–Crippen LogP) is 7.16. The van der Waals surface area contributed by atoms with Crippen LogP contribution in [0.3, 0.4) is 0 Å². The summed E-state index contributed by atoms with van der Waals surface area (Å²) in [6.45, 7) is 8.20. The highest BCUT2D eigenvalue weighted by Crippen LogP contribution is 2.38. The summed E-state index contributed by atoms with van der Waals surface area (Å²) in [6, 6.07) is 30.9. The molecule has 0 aliphatic carbocycles. The van der Waals surface area contributed by atoms with E-state index in [1.54, 1.807) is 0 Å². The fourth-order valence-corrected chi connectivity index (χ4v) is 5.09. The second kappa shape index (κ2) is 8.25. The van der Waals surface area contributed by atoms with E-state index in [0.29, 0.717) is 11.4 Å². The molecule has 2 aromatic heterocycles. The third kappa shape index (κ3) is 3.63. The maximum Gasteiger partial charge on any atom is 0.514 e. The molecule has 1 aliphatic heterocycles. The monoisotopic (exact) mass is 498 g/mol. The predicted molar refractivity (Wildman–Crippen MR) is 153 cm³/mol. The molecule has 6 heteroatoms. The molecule has 0 radical (unpaired) electrons. The van der Waals surface area contributed by atoms with Crippen molar-refractivity contribution < 1.29 is 13.7 Å². The van der Waals surface area contributed by atoms with E-state index in [-0.39, 0.29) is 0 Å². The first-order valence-electron chi connectivity index (χ1n) is 12.9. The summed E-state index contributed by atoms with van der Waals surface area (Å²) < 4.78 is 19.1. The summed E-state index contributed by atoms with van der Waals surface area (Å²) in [6.07, 6.45) is 0. The molecular weight excluding hydrogens is 471 g/mol. The minimum atomic E-state index is -0.615. The van der Waals surface area contributed by atoms with Crippen molar-refractivity contribution in [3.63, 3.8) is 0 Å². The van der Waals surface area contributed by atoms with E-state index in [1.807, 2.05) is 36.4 Å². The molecule has 0 N–H and O–H groups in total. The van der Waals surface area contributed by atoms with Crippen molar-refractivity contribution in [2.24, 2.45) is 0 Å². The molecule has 38 heavy (non-hydrogen) atoms. The number of fused-ring (bicyclic) bond motifs is 4. The molecule has 186 valence electrons. The van der Waals surface area contributed by atoms with Gasteiger partial charge in [-0.3, -0.25) is 0 Å². The average molecular weight is 498 g/mol. The van der Waals surface area contributed by atoms with Gasteiger partial charge >= 0.3 is 7.12 Å². The van der Waals surface area contributed by atoms with Crippen LogP contribution in [0.5, 0.6) is 0 Å². The molecule has 0 unspecified atom stereocenters. The first-order valence-corrected chi connectivity index (χ1v) is 12.9. The fourth-order valence-electron chi connectivity index (χ4n) is 5.09. The van der Waals surface area contributed by atoms with Crippen LogP contribution in [0.15, 0.2) is 95.4 Å². The molecule has 0 saturated carbocycles. The summed E-state index contributed by atoms with van der Waals surface area (Å²) in [5.74, 6) is 0.574. The molecule has 0 atom stereocenters. The van der Waals surface area contributed by atoms with E-state index < -0.39 is 18.3 Å². The third-order valence-corrected chi connectivity index (χ3v) is 7.93. The number of benzene rings is 4. The van der Waals surface area contributed by atoms with Gasteiger partial charge in [-0.05, 0) is 62.7 Å². The molecule has 1 saturated heterocycles. The minimum Gasteiger partial charge on any atom is -0.455 e. The van der Waals surface area contributed by atoms with Crippen molar-refractivity contribution in [3.05, 3.63) is 91.0 Å². The fraction of sp³-hybridized carbons (Fsp3) is 0.188. The van der Waals surface area contributed by atoms with Gasteiger partial charge in [-0.1, -0.05) is 66.7 Å². The Morgan fingerprint density at radius 2 is 1.37 bits per heavy atom. The number of hydrogen-bond acceptors (Lipinski definition) is 5. The first kappa shape index (κ1) is 23.1. The van der Waals surface area contributed by atoms with Crippen LogP contribution in [0, 0.1) is 0 Å². The number of aromatic nitrogens is 2. The molecule has 0 spiro atoms. The standard InChI is InChI=1S/C32H27BN2O3/c1-31(2)32(3,4)38-33(37-31)28-19-26(22-17-16-20-10-5-6-11-21(20)18-22)34-30(35-28)25-14-9-13-24-23-12-7-8-15-27(23)36-29(24)25/h5-19H,1-4H3. The van der Waals surface area contributed by atoms with Gasteiger partial charge in [0.05, 0.1) is 28.1 Å². The number of rotatable bonds is 3. The smallest absolute Gasteiger partial charge is 0.455 e. The largest absolute Gasteiger partial charge is 0.514 e. The molecule has 1 fully saturated rings. The molecule has 6 aromatic rings. The highest BCUT2D eigenvalue weighted by Gasteiger charge is 2.52. The summed E-state index contributed by atoms with van der Waals surface area (Å²) in [5, 5.41) is 4.45. The number of nitrogens with zero attached hydrogens (tertiary/aromatic N) is 2. The lowest BCUT2D eigenvalue weighted by molar-refractivity contribution is 0.00578. The number of furan rings is 1. The van der Waals surface area contributed by atoms with Gasteiger partial charge in [0.2, 0.25) is 0 Å². The number of para-hydroxylation sites is 2. The Morgan fingerprint density at radius 1 is 0.658 bits per heavy atom. The van der Waals surface area contributed by atoms with Crippen molar-refractivity contribution >= 4 is 45.4 Å². The van der Waals surface area contributed by atoms with Gasteiger partial charge in [0.25, 0.3) is 0 Å². The van der Waals surface area contributed by atoms with Crippen LogP contribution in [-0.4, -0.2) is 28.3 Å². The summed E-state index contributed by atoms with van der Waals surface area (Å²) in [5.41, 5.74) is 3.97. The van der Waals surface area contributed by atoms with Crippen LogP contribution >= 0.6 is 0 Å². The van der Waals surface area contributed by atoms with E-state index >= 15 is 0 Å². The topological polar surface area (TPSA) is 57.4 Å². The van der Waals surface area contributed by atoms with Gasteiger partial charge in [-0.25, -0.2) is 9.97 Å². The lowest BCUT2D eigenvalue weighted by Crippen LogP contribution is -2.41. The zero-order chi connectivity index (χ0) is 26.1. The lowest BCUT2D eigenvalue weighted by Gasteiger charge is -2.32. The summed E-state index contributed by atoms with van der Waals surface area (Å²) in [4.78, 5) is 10.1. The molecule has 5 nitrogen and oxygen atoms in total. The van der Waals surface area contributed by atoms with Crippen LogP contribution in [0.2, 0.25) is 0 Å². The van der Waals surface area contributed by atoms with E-state index in [4.69, 9.17) is 23.7 Å². The van der Waals surface area contributed by atoms with E-state index in [0.717, 1.165) is 44.1 Å². The molecule has 4 aromatic carbocycles. The minimum absolute atomic E-state index is 0.482. The van der Waals surface area contributed by atoms with Crippen molar-refractivity contribution in [1.29, 1.82) is 0 Å². The molecule has 0 amide bonds. The Labute approximate surface area is 221 Å². The lowest BCUT2D eigenvalue weighted by atomic mass is 9.83. The zero-order valence-corrected chi connectivity index (χ0v) is 21.9. The Kier molecular flexibility index (Phi) is 5.03. The summed E-state index contributed by atoms with van der Waals surface area (Å²) >= 11 is 0. The van der Waals surface area contributed by atoms with Gasteiger partial charge in [0.1, 0.15) is 11.2 Å². The quantitative estimate of drug-likeness (QED) is 0.242. The first-order chi connectivity index (χ1) is 18.3. The second-order valence-corrected chi connectivity index (χ2v) is 10.9. The third-order valence-electron chi connectivity index (χ3n) is 7.93. The van der Waals surface area contributed by atoms with Gasteiger partial charge in [0.15, 0.2) is 5.82 Å². The van der Waals surface area contributed by atoms with E-state index in [9.17, 15) is 0 Å². The molecule has 1 aliphatic rings.